The predicted octanol–water partition coefficient (Wildman–Crippen LogP) is 5.66. The van der Waals surface area contributed by atoms with Gasteiger partial charge in [0.1, 0.15) is 5.15 Å². The number of benzene rings is 3. The molecule has 0 saturated carbocycles. The van der Waals surface area contributed by atoms with Gasteiger partial charge in [-0.2, -0.15) is 0 Å². The summed E-state index contributed by atoms with van der Waals surface area (Å²) < 4.78 is 22.2. The summed E-state index contributed by atoms with van der Waals surface area (Å²) in [6.07, 6.45) is 0.839. The van der Waals surface area contributed by atoms with Crippen molar-refractivity contribution in [2.24, 2.45) is 0 Å². The van der Waals surface area contributed by atoms with E-state index in [0.717, 1.165) is 34.7 Å². The fourth-order valence-corrected chi connectivity index (χ4v) is 5.65. The summed E-state index contributed by atoms with van der Waals surface area (Å²) in [7, 11) is 3.19. The molecular weight excluding hydrogens is 492 g/mol. The molecule has 0 aliphatic carbocycles. The first-order valence-corrected chi connectivity index (χ1v) is 12.4. The van der Waals surface area contributed by atoms with Crippen LogP contribution in [0.25, 0.3) is 21.8 Å². The molecule has 5 aromatic rings. The Morgan fingerprint density at radius 3 is 2.62 bits per heavy atom. The number of para-hydroxylation sites is 1. The second kappa shape index (κ2) is 8.45. The van der Waals surface area contributed by atoms with Gasteiger partial charge in [0.25, 0.3) is 0 Å². The van der Waals surface area contributed by atoms with Crippen LogP contribution in [-0.4, -0.2) is 42.5 Å². The van der Waals surface area contributed by atoms with Gasteiger partial charge in [-0.3, -0.25) is 0 Å². The van der Waals surface area contributed by atoms with E-state index < -0.39 is 0 Å². The molecule has 2 aliphatic heterocycles. The Balaban J connectivity index is 1.42. The number of fused-ring (bicyclic) bond motifs is 5. The number of anilines is 1. The Labute approximate surface area is 217 Å². The molecule has 0 radical (unpaired) electrons. The number of rotatable bonds is 4. The maximum absolute atomic E-state index is 6.72. The number of H-pyrrole nitrogens is 1. The molecular formula is C28H23ClN4O4. The molecule has 7 rings (SSSR count). The van der Waals surface area contributed by atoms with Crippen LogP contribution in [0.5, 0.6) is 23.0 Å². The lowest BCUT2D eigenvalue weighted by Gasteiger charge is -2.36. The first-order valence-electron chi connectivity index (χ1n) is 12.0. The zero-order valence-electron chi connectivity index (χ0n) is 20.2. The minimum absolute atomic E-state index is 0.181. The van der Waals surface area contributed by atoms with E-state index in [4.69, 9.17) is 40.5 Å². The Kier molecular flexibility index (Phi) is 5.04. The number of aromatic nitrogens is 3. The zero-order valence-corrected chi connectivity index (χ0v) is 21.0. The van der Waals surface area contributed by atoms with Crippen molar-refractivity contribution < 1.29 is 18.9 Å². The lowest BCUT2D eigenvalue weighted by molar-refractivity contribution is 0.174. The summed E-state index contributed by atoms with van der Waals surface area (Å²) in [6, 6.07) is 17.9. The molecule has 9 heteroatoms. The highest BCUT2D eigenvalue weighted by molar-refractivity contribution is 6.34. The highest BCUT2D eigenvalue weighted by atomic mass is 35.5. The van der Waals surface area contributed by atoms with Crippen molar-refractivity contribution >= 4 is 39.4 Å². The maximum atomic E-state index is 6.72. The maximum Gasteiger partial charge on any atom is 0.231 e. The van der Waals surface area contributed by atoms with Gasteiger partial charge in [0.05, 0.1) is 25.8 Å². The Bertz CT molecular complexity index is 1680. The summed E-state index contributed by atoms with van der Waals surface area (Å²) >= 11 is 6.72. The summed E-state index contributed by atoms with van der Waals surface area (Å²) in [4.78, 5) is 15.6. The topological polar surface area (TPSA) is 81.7 Å². The minimum atomic E-state index is -0.181. The van der Waals surface area contributed by atoms with Gasteiger partial charge in [-0.05, 0) is 41.8 Å². The molecule has 1 unspecified atom stereocenters. The van der Waals surface area contributed by atoms with Gasteiger partial charge in [0.15, 0.2) is 23.0 Å². The van der Waals surface area contributed by atoms with Crippen molar-refractivity contribution in [2.45, 2.75) is 12.5 Å². The van der Waals surface area contributed by atoms with Crippen LogP contribution in [0.4, 0.5) is 5.95 Å². The van der Waals surface area contributed by atoms with Crippen LogP contribution in [0.3, 0.4) is 0 Å². The van der Waals surface area contributed by atoms with E-state index in [2.05, 4.69) is 34.1 Å². The molecule has 2 aliphatic rings. The van der Waals surface area contributed by atoms with Crippen molar-refractivity contribution in [2.75, 3.05) is 32.5 Å². The third kappa shape index (κ3) is 3.43. The number of ether oxygens (including phenoxy) is 4. The van der Waals surface area contributed by atoms with Crippen LogP contribution in [0, 0.1) is 0 Å². The summed E-state index contributed by atoms with van der Waals surface area (Å²) in [5.41, 5.74) is 5.24. The molecule has 1 atom stereocenters. The number of nitrogens with zero attached hydrogens (tertiary/aromatic N) is 3. The summed E-state index contributed by atoms with van der Waals surface area (Å²) in [5, 5.41) is 2.29. The molecule has 0 amide bonds. The van der Waals surface area contributed by atoms with Gasteiger partial charge in [-0.25, -0.2) is 9.97 Å². The van der Waals surface area contributed by atoms with Gasteiger partial charge >= 0.3 is 0 Å². The lowest BCUT2D eigenvalue weighted by atomic mass is 9.92. The van der Waals surface area contributed by atoms with E-state index in [9.17, 15) is 0 Å². The van der Waals surface area contributed by atoms with Crippen LogP contribution in [0.1, 0.15) is 22.9 Å². The molecule has 37 heavy (non-hydrogen) atoms. The van der Waals surface area contributed by atoms with Gasteiger partial charge in [0, 0.05) is 34.6 Å². The standard InChI is InChI=1S/C28H23ClN4O4/c1-34-22-12-18-20(13-23(22)35-2)31-28(32-27(18)29)33-10-9-17-16-5-3-4-6-19(16)30-25(17)26(33)15-7-8-21-24(11-15)37-14-36-21/h3-8,11-13,26,30H,9-10,14H2,1-2H3. The molecule has 4 heterocycles. The molecule has 0 fully saturated rings. The van der Waals surface area contributed by atoms with Gasteiger partial charge in [-0.15, -0.1) is 0 Å². The van der Waals surface area contributed by atoms with Crippen LogP contribution in [0.15, 0.2) is 54.6 Å². The summed E-state index contributed by atoms with van der Waals surface area (Å²) in [5.74, 6) is 3.17. The lowest BCUT2D eigenvalue weighted by Crippen LogP contribution is -2.37. The largest absolute Gasteiger partial charge is 0.493 e. The number of hydrogen-bond acceptors (Lipinski definition) is 7. The molecule has 0 bridgehead atoms. The average molecular weight is 515 g/mol. The van der Waals surface area contributed by atoms with E-state index >= 15 is 0 Å². The van der Waals surface area contributed by atoms with E-state index in [1.807, 2.05) is 30.3 Å². The van der Waals surface area contributed by atoms with Crippen LogP contribution in [-0.2, 0) is 6.42 Å². The van der Waals surface area contributed by atoms with E-state index in [0.29, 0.717) is 40.0 Å². The van der Waals surface area contributed by atoms with Crippen LogP contribution < -0.4 is 23.8 Å². The molecule has 8 nitrogen and oxygen atoms in total. The SMILES string of the molecule is COc1cc2nc(N3CCc4c([nH]c5ccccc45)C3c3ccc4c(c3)OCO4)nc(Cl)c2cc1OC. The van der Waals surface area contributed by atoms with Crippen LogP contribution >= 0.6 is 11.6 Å². The highest BCUT2D eigenvalue weighted by Crippen LogP contribution is 2.44. The molecule has 1 N–H and O–H groups in total. The van der Waals surface area contributed by atoms with E-state index in [1.54, 1.807) is 14.2 Å². The second-order valence-electron chi connectivity index (χ2n) is 9.06. The first-order chi connectivity index (χ1) is 18.1. The monoisotopic (exact) mass is 514 g/mol. The Morgan fingerprint density at radius 2 is 1.76 bits per heavy atom. The van der Waals surface area contributed by atoms with Crippen LogP contribution in [0.2, 0.25) is 5.15 Å². The molecule has 2 aromatic heterocycles. The van der Waals surface area contributed by atoms with Crippen molar-refractivity contribution in [3.05, 3.63) is 76.6 Å². The van der Waals surface area contributed by atoms with Crippen molar-refractivity contribution in [1.82, 2.24) is 15.0 Å². The number of methoxy groups -OCH3 is 2. The number of nitrogens with one attached hydrogen (secondary N) is 1. The van der Waals surface area contributed by atoms with E-state index in [1.165, 1.54) is 10.9 Å². The van der Waals surface area contributed by atoms with Gasteiger partial charge in [0.2, 0.25) is 12.7 Å². The van der Waals surface area contributed by atoms with Crippen molar-refractivity contribution in [1.29, 1.82) is 0 Å². The minimum Gasteiger partial charge on any atom is -0.493 e. The molecule has 0 spiro atoms. The number of halogens is 1. The van der Waals surface area contributed by atoms with Gasteiger partial charge in [-0.1, -0.05) is 35.9 Å². The van der Waals surface area contributed by atoms with Gasteiger partial charge < -0.3 is 28.8 Å². The Morgan fingerprint density at radius 1 is 0.946 bits per heavy atom. The first kappa shape index (κ1) is 22.1. The quantitative estimate of drug-likeness (QED) is 0.310. The summed E-state index contributed by atoms with van der Waals surface area (Å²) in [6.45, 7) is 0.933. The normalized spacial score (nSPS) is 16.3. The molecule has 3 aromatic carbocycles. The van der Waals surface area contributed by atoms with E-state index in [-0.39, 0.29) is 12.8 Å². The molecule has 0 saturated heterocycles. The third-order valence-corrected chi connectivity index (χ3v) is 7.43. The smallest absolute Gasteiger partial charge is 0.231 e. The van der Waals surface area contributed by atoms with Crippen molar-refractivity contribution in [3.8, 4) is 23.0 Å². The predicted molar refractivity (Wildman–Crippen MR) is 141 cm³/mol. The fourth-order valence-electron chi connectivity index (χ4n) is 5.42. The molecule has 186 valence electrons. The Hall–Kier alpha value is -4.17. The number of hydrogen-bond donors (Lipinski definition) is 1. The third-order valence-electron chi connectivity index (χ3n) is 7.15. The fraction of sp³-hybridized carbons (Fsp3) is 0.214. The second-order valence-corrected chi connectivity index (χ2v) is 9.42. The average Bonchev–Trinajstić information content (AvgIpc) is 3.55. The zero-order chi connectivity index (χ0) is 25.1. The highest BCUT2D eigenvalue weighted by Gasteiger charge is 2.34. The number of aromatic amines is 1. The van der Waals surface area contributed by atoms with Crippen molar-refractivity contribution in [3.63, 3.8) is 0 Å².